The molecule has 4 rings (SSSR count). The van der Waals surface area contributed by atoms with E-state index in [0.29, 0.717) is 22.0 Å². The van der Waals surface area contributed by atoms with Gasteiger partial charge in [-0.25, -0.2) is 4.98 Å². The predicted molar refractivity (Wildman–Crippen MR) is 137 cm³/mol. The number of nitrogens with zero attached hydrogens (tertiary/aromatic N) is 2. The van der Waals surface area contributed by atoms with E-state index in [1.807, 2.05) is 30.3 Å². The second-order valence-electron chi connectivity index (χ2n) is 9.18. The quantitative estimate of drug-likeness (QED) is 0.325. The Labute approximate surface area is 216 Å². The molecule has 1 heterocycles. The molecule has 3 N–H and O–H groups in total. The van der Waals surface area contributed by atoms with Gasteiger partial charge in [-0.05, 0) is 36.5 Å². The maximum absolute atomic E-state index is 12.4. The molecule has 1 aliphatic rings. The van der Waals surface area contributed by atoms with Crippen molar-refractivity contribution in [1.29, 1.82) is 0 Å². The molecular formula is C26H30ClN3O5S. The van der Waals surface area contributed by atoms with Gasteiger partial charge in [0.25, 0.3) is 5.16 Å². The molecule has 0 saturated heterocycles. The minimum absolute atomic E-state index is 0.0287. The van der Waals surface area contributed by atoms with Crippen LogP contribution in [-0.4, -0.2) is 39.6 Å². The van der Waals surface area contributed by atoms with E-state index in [0.717, 1.165) is 37.7 Å². The van der Waals surface area contributed by atoms with Crippen molar-refractivity contribution in [3.63, 3.8) is 0 Å². The van der Waals surface area contributed by atoms with Crippen LogP contribution >= 0.6 is 11.6 Å². The van der Waals surface area contributed by atoms with Crippen molar-refractivity contribution in [3.05, 3.63) is 82.1 Å². The number of rotatable bonds is 10. The number of halogens is 1. The number of carboxylic acid groups (broad SMARTS) is 1. The van der Waals surface area contributed by atoms with Crippen molar-refractivity contribution in [3.8, 4) is 0 Å². The third kappa shape index (κ3) is 6.34. The lowest BCUT2D eigenvalue weighted by Crippen LogP contribution is -2.39. The van der Waals surface area contributed by atoms with Gasteiger partial charge in [0.15, 0.2) is 0 Å². The van der Waals surface area contributed by atoms with Gasteiger partial charge in [0.2, 0.25) is 0 Å². The molecule has 0 spiro atoms. The van der Waals surface area contributed by atoms with Crippen molar-refractivity contribution < 1.29 is 22.9 Å². The Hall–Kier alpha value is -2.72. The molecule has 0 amide bonds. The highest BCUT2D eigenvalue weighted by molar-refractivity contribution is 7.85. The third-order valence-corrected chi connectivity index (χ3v) is 7.82. The summed E-state index contributed by atoms with van der Waals surface area (Å²) in [5, 5.41) is 13.0. The van der Waals surface area contributed by atoms with Gasteiger partial charge >= 0.3 is 16.1 Å². The molecule has 1 aromatic heterocycles. The van der Waals surface area contributed by atoms with Crippen LogP contribution in [0.1, 0.15) is 60.5 Å². The normalized spacial score (nSPS) is 15.6. The fourth-order valence-corrected chi connectivity index (χ4v) is 5.71. The van der Waals surface area contributed by atoms with Crippen molar-refractivity contribution >= 4 is 27.7 Å². The first-order chi connectivity index (χ1) is 17.2. The van der Waals surface area contributed by atoms with Crippen molar-refractivity contribution in [2.24, 2.45) is 0 Å². The number of aromatic nitrogens is 2. The second kappa shape index (κ2) is 11.6. The molecule has 0 bridgehead atoms. The smallest absolute Gasteiger partial charge is 0.328 e. The first-order valence-electron chi connectivity index (χ1n) is 12.0. The van der Waals surface area contributed by atoms with E-state index in [-0.39, 0.29) is 25.4 Å². The Bertz CT molecular complexity index is 1300. The Balaban J connectivity index is 1.74. The molecule has 192 valence electrons. The summed E-state index contributed by atoms with van der Waals surface area (Å²) in [6.07, 6.45) is 5.08. The van der Waals surface area contributed by atoms with Gasteiger partial charge in [-0.15, -0.1) is 0 Å². The highest BCUT2D eigenvalue weighted by Crippen LogP contribution is 2.35. The summed E-state index contributed by atoms with van der Waals surface area (Å²) in [5.74, 6) is -0.980. The molecule has 10 heteroatoms. The lowest BCUT2D eigenvalue weighted by atomic mass is 9.86. The van der Waals surface area contributed by atoms with Crippen LogP contribution in [0.2, 0.25) is 5.02 Å². The molecule has 1 saturated carbocycles. The highest BCUT2D eigenvalue weighted by Gasteiger charge is 2.31. The summed E-state index contributed by atoms with van der Waals surface area (Å²) >= 11 is 6.37. The largest absolute Gasteiger partial charge is 0.480 e. The minimum atomic E-state index is -4.65. The first kappa shape index (κ1) is 26.3. The Morgan fingerprint density at radius 1 is 1.08 bits per heavy atom. The summed E-state index contributed by atoms with van der Waals surface area (Å²) in [4.78, 5) is 16.5. The fourth-order valence-electron chi connectivity index (χ4n) is 4.84. The maximum Gasteiger partial charge on any atom is 0.328 e. The highest BCUT2D eigenvalue weighted by atomic mass is 35.5. The van der Waals surface area contributed by atoms with Crippen molar-refractivity contribution in [1.82, 2.24) is 14.9 Å². The average Bonchev–Trinajstić information content (AvgIpc) is 3.23. The SMILES string of the molecule is O=C(O)C(Cc1ccccc1)NCc1c(C2CCCCC2)nc(S(=O)(=O)O)n1Cc1ccccc1Cl. The fraction of sp³-hybridized carbons (Fsp3) is 0.385. The van der Waals surface area contributed by atoms with Gasteiger partial charge in [0.05, 0.1) is 17.9 Å². The molecule has 8 nitrogen and oxygen atoms in total. The Morgan fingerprint density at radius 2 is 1.75 bits per heavy atom. The van der Waals surface area contributed by atoms with Crippen LogP contribution in [0, 0.1) is 0 Å². The molecular weight excluding hydrogens is 502 g/mol. The zero-order valence-corrected chi connectivity index (χ0v) is 21.4. The molecule has 3 aromatic rings. The van der Waals surface area contributed by atoms with Crippen molar-refractivity contribution in [2.75, 3.05) is 0 Å². The first-order valence-corrected chi connectivity index (χ1v) is 13.9. The summed E-state index contributed by atoms with van der Waals surface area (Å²) < 4.78 is 36.3. The van der Waals surface area contributed by atoms with Crippen LogP contribution in [0.4, 0.5) is 0 Å². The average molecular weight is 532 g/mol. The zero-order chi connectivity index (χ0) is 25.7. The second-order valence-corrected chi connectivity index (χ2v) is 10.9. The van der Waals surface area contributed by atoms with E-state index in [1.54, 1.807) is 24.3 Å². The van der Waals surface area contributed by atoms with Gasteiger partial charge in [0.1, 0.15) is 6.04 Å². The van der Waals surface area contributed by atoms with E-state index < -0.39 is 27.3 Å². The number of aliphatic carboxylic acids is 1. The van der Waals surface area contributed by atoms with Crippen LogP contribution in [0.5, 0.6) is 0 Å². The lowest BCUT2D eigenvalue weighted by molar-refractivity contribution is -0.139. The standard InChI is InChI=1S/C26H30ClN3O5S/c27-21-14-8-7-13-20(21)17-30-23(16-28-22(25(31)32)15-18-9-3-1-4-10-18)24(19-11-5-2-6-12-19)29-26(30)36(33,34)35/h1,3-4,7-10,13-14,19,22,28H,2,5-6,11-12,15-17H2,(H,31,32)(H,33,34,35). The summed E-state index contributed by atoms with van der Waals surface area (Å²) in [6.45, 7) is 0.143. The zero-order valence-electron chi connectivity index (χ0n) is 19.8. The van der Waals surface area contributed by atoms with Crippen LogP contribution < -0.4 is 5.32 Å². The van der Waals surface area contributed by atoms with Crippen LogP contribution in [0.15, 0.2) is 59.8 Å². The molecule has 0 aliphatic heterocycles. The summed E-state index contributed by atoms with van der Waals surface area (Å²) in [5.41, 5.74) is 2.67. The number of carbonyl (C=O) groups is 1. The minimum Gasteiger partial charge on any atom is -0.480 e. The number of benzene rings is 2. The summed E-state index contributed by atoms with van der Waals surface area (Å²) in [6, 6.07) is 15.5. The number of hydrogen-bond acceptors (Lipinski definition) is 5. The van der Waals surface area contributed by atoms with E-state index in [4.69, 9.17) is 11.6 Å². The Morgan fingerprint density at radius 3 is 2.39 bits per heavy atom. The monoisotopic (exact) mass is 531 g/mol. The third-order valence-electron chi connectivity index (χ3n) is 6.67. The molecule has 1 atom stereocenters. The predicted octanol–water partition coefficient (Wildman–Crippen LogP) is 4.66. The number of hydrogen-bond donors (Lipinski definition) is 3. The molecule has 1 unspecified atom stereocenters. The molecule has 1 fully saturated rings. The topological polar surface area (TPSA) is 122 Å². The van der Waals surface area contributed by atoms with Gasteiger partial charge in [-0.2, -0.15) is 8.42 Å². The van der Waals surface area contributed by atoms with Gasteiger partial charge in [-0.3, -0.25) is 14.7 Å². The molecule has 0 radical (unpaired) electrons. The van der Waals surface area contributed by atoms with Gasteiger partial charge in [0, 0.05) is 17.5 Å². The Kier molecular flexibility index (Phi) is 8.46. The van der Waals surface area contributed by atoms with E-state index in [1.165, 1.54) is 4.57 Å². The maximum atomic E-state index is 12.4. The molecule has 36 heavy (non-hydrogen) atoms. The number of nitrogens with one attached hydrogen (secondary N) is 1. The van der Waals surface area contributed by atoms with E-state index >= 15 is 0 Å². The summed E-state index contributed by atoms with van der Waals surface area (Å²) in [7, 11) is -4.65. The van der Waals surface area contributed by atoms with Crippen LogP contribution in [-0.2, 0) is 34.4 Å². The lowest BCUT2D eigenvalue weighted by Gasteiger charge is -2.23. The van der Waals surface area contributed by atoms with E-state index in [9.17, 15) is 22.9 Å². The molecule has 2 aromatic carbocycles. The number of imidazole rings is 1. The molecule has 1 aliphatic carbocycles. The van der Waals surface area contributed by atoms with Crippen molar-refractivity contribution in [2.45, 2.75) is 68.7 Å². The van der Waals surface area contributed by atoms with Crippen LogP contribution in [0.3, 0.4) is 0 Å². The van der Waals surface area contributed by atoms with Crippen LogP contribution in [0.25, 0.3) is 0 Å². The van der Waals surface area contributed by atoms with E-state index in [2.05, 4.69) is 10.3 Å². The van der Waals surface area contributed by atoms with Gasteiger partial charge < -0.3 is 9.67 Å². The number of carboxylic acids is 1. The van der Waals surface area contributed by atoms with Gasteiger partial charge in [-0.1, -0.05) is 79.4 Å².